The lowest BCUT2D eigenvalue weighted by Crippen LogP contribution is -2.70. The van der Waals surface area contributed by atoms with Crippen molar-refractivity contribution in [3.8, 4) is 0 Å². The Bertz CT molecular complexity index is 4360. The first-order valence-electron chi connectivity index (χ1n) is 30.8. The summed E-state index contributed by atoms with van der Waals surface area (Å²) in [6, 6.07) is 32.2. The van der Waals surface area contributed by atoms with E-state index in [0.29, 0.717) is 112 Å². The molecule has 6 aromatic rings. The largest absolute Gasteiger partial charge is 0.582 e. The Balaban J connectivity index is 1.09. The number of nitrogens with one attached hydrogen (secondary N) is 2. The molecular formula is C59H77N14O15S3Si3+. The summed E-state index contributed by atoms with van der Waals surface area (Å²) in [6.07, 6.45) is 1.61. The number of fused-ring (bicyclic) bond motifs is 14. The molecule has 0 aliphatic carbocycles. The summed E-state index contributed by atoms with van der Waals surface area (Å²) in [4.78, 5) is 76.3. The molecule has 4 aliphatic rings. The third-order valence-corrected chi connectivity index (χ3v) is 31.3. The number of hydrogen-bond donors (Lipinski definition) is 6. The lowest BCUT2D eigenvalue weighted by atomic mass is 10.1. The number of aliphatic imine (C=N–C) groups is 4. The van der Waals surface area contributed by atoms with Crippen LogP contribution in [0.1, 0.15) is 80.0 Å². The van der Waals surface area contributed by atoms with Gasteiger partial charge in [-0.05, 0) is 64.0 Å². The van der Waals surface area contributed by atoms with Crippen molar-refractivity contribution in [3.63, 3.8) is 0 Å². The van der Waals surface area contributed by atoms with Gasteiger partial charge in [-0.15, -0.1) is 0 Å². The van der Waals surface area contributed by atoms with Crippen molar-refractivity contribution in [2.24, 2.45) is 47.6 Å². The number of nitrogens with zero attached hydrogens (tertiary/aromatic N) is 9. The highest BCUT2D eigenvalue weighted by Crippen LogP contribution is 2.45. The number of rotatable bonds is 33. The maximum Gasteiger partial charge on any atom is 0.582 e. The monoisotopic (exact) mass is 1400 g/mol. The number of carbonyl (C=O) groups is 3. The van der Waals surface area contributed by atoms with Crippen molar-refractivity contribution in [2.45, 2.75) is 96.1 Å². The predicted molar refractivity (Wildman–Crippen MR) is 360 cm³/mol. The minimum atomic E-state index is -4.75. The Morgan fingerprint density at radius 2 is 0.904 bits per heavy atom. The molecule has 6 bridgehead atoms. The van der Waals surface area contributed by atoms with E-state index in [4.69, 9.17) is 55.9 Å². The van der Waals surface area contributed by atoms with Gasteiger partial charge in [0, 0.05) is 89.0 Å². The topological polar surface area (TPSA) is 406 Å². The van der Waals surface area contributed by atoms with Gasteiger partial charge < -0.3 is 28.2 Å². The summed E-state index contributed by atoms with van der Waals surface area (Å²) in [6.45, 7) is 8.20. The fourth-order valence-corrected chi connectivity index (χ4v) is 26.6. The molecule has 4 aromatic carbocycles. The van der Waals surface area contributed by atoms with Crippen LogP contribution in [0.25, 0.3) is 21.5 Å². The first-order valence-corrected chi connectivity index (χ1v) is 43.5. The van der Waals surface area contributed by atoms with Crippen LogP contribution < -0.4 is 39.3 Å². The molecule has 0 saturated carbocycles. The van der Waals surface area contributed by atoms with Crippen molar-refractivity contribution in [2.75, 3.05) is 56.5 Å². The number of unbranched alkanes of at least 4 members (excludes halogenated alkanes) is 1. The Morgan fingerprint density at radius 3 is 1.33 bits per heavy atom. The lowest BCUT2D eigenvalue weighted by Gasteiger charge is -2.43. The van der Waals surface area contributed by atoms with Gasteiger partial charge >= 0.3 is 14.9 Å². The van der Waals surface area contributed by atoms with E-state index < -0.39 is 85.0 Å². The summed E-state index contributed by atoms with van der Waals surface area (Å²) in [5, 5.41) is 8.92. The third-order valence-electron chi connectivity index (χ3n) is 16.7. The summed E-state index contributed by atoms with van der Waals surface area (Å²) >= 11 is 0. The second kappa shape index (κ2) is 28.6. The minimum Gasteiger partial charge on any atom is -0.404 e. The van der Waals surface area contributed by atoms with Crippen LogP contribution in [0, 0.1) is 0 Å². The van der Waals surface area contributed by atoms with Gasteiger partial charge in [0.05, 0.1) is 36.9 Å². The second-order valence-electron chi connectivity index (χ2n) is 24.7. The van der Waals surface area contributed by atoms with E-state index in [-0.39, 0.29) is 75.2 Å². The molecule has 1 atom stereocenters. The molecular weight excluding hydrogens is 1330 g/mol. The van der Waals surface area contributed by atoms with E-state index in [0.717, 1.165) is 22.3 Å². The average molecular weight is 1400 g/mol. The molecule has 9 N–H and O–H groups in total. The van der Waals surface area contributed by atoms with Crippen LogP contribution in [-0.4, -0.2) is 166 Å². The number of hydrogen-bond acceptors (Lipinski definition) is 23. The molecule has 2 amide bonds. The molecule has 6 heterocycles. The standard InChI is InChI=1S/C59H76N14O15S3Si3/c1-92(2,38-15-30-63-49(74)28-13-14-29-51(76)84-60)87-94(88-93(3,4)39-16-31-64-50(75)40-73(32-17-35-89(77,78)79,33-18-36-90(80,81)85-61)34-19-37-91(82,83)86-62)71-56-45-24-9-10-25-46(45)58(71)69-54-43-22-7-8-23-44(43)55(66-54)70-59-48-27-12-11-26-47(48)57(72(59)94)68-53-42-21-6-5-20-41(42)52(65-53)67-56/h5-12,20-27H,13-19,28-40,60-62H2,1-4H3,(H2-,63,64,74,75,77,78,79)/p+1. The molecule has 4 aliphatic heterocycles. The normalized spacial score (nSPS) is 16.0. The van der Waals surface area contributed by atoms with Crippen LogP contribution in [0.4, 0.5) is 11.6 Å². The van der Waals surface area contributed by atoms with Gasteiger partial charge in [0.2, 0.25) is 5.91 Å². The second-order valence-corrected chi connectivity index (χ2v) is 41.4. The fraction of sp³-hybridized carbons (Fsp3) is 0.407. The summed E-state index contributed by atoms with van der Waals surface area (Å²) in [5.41, 5.74) is 3.89. The molecule has 35 heteroatoms. The minimum absolute atomic E-state index is 0.0678. The molecule has 502 valence electrons. The van der Waals surface area contributed by atoms with Crippen LogP contribution in [0.3, 0.4) is 0 Å². The maximum atomic E-state index is 14.4. The van der Waals surface area contributed by atoms with Gasteiger partial charge in [0.25, 0.3) is 36.3 Å². The van der Waals surface area contributed by atoms with Gasteiger partial charge in [-0.1, -0.05) is 97.1 Å². The lowest BCUT2D eigenvalue weighted by molar-refractivity contribution is -0.920. The van der Waals surface area contributed by atoms with Crippen molar-refractivity contribution >= 4 is 130 Å². The Kier molecular flexibility index (Phi) is 21.2. The SMILES string of the molecule is C[Si](C)(CCCNC(=O)CCCCC(=O)ON)O[Si]1(O[Si](C)(C)CCCNC(=O)C[N+](CCCS(=O)(=O)O)(CCCS(=O)(=O)ON)CCCS(=O)(=O)ON)n2c3c4ccccc4c2N=C2N=C(N=c4c5ccccc5c(n41)=NC1=NC(=N3)c3ccccc31)c1ccccc12. The van der Waals surface area contributed by atoms with Crippen LogP contribution >= 0.6 is 0 Å². The van der Waals surface area contributed by atoms with Crippen molar-refractivity contribution in [1.29, 1.82) is 0 Å². The van der Waals surface area contributed by atoms with E-state index in [2.05, 4.69) is 50.2 Å². The molecule has 0 radical (unpaired) electrons. The van der Waals surface area contributed by atoms with E-state index in [9.17, 15) is 44.2 Å². The number of aromatic nitrogens is 2. The highest BCUT2D eigenvalue weighted by atomic mass is 32.2. The van der Waals surface area contributed by atoms with E-state index in [1.807, 2.05) is 106 Å². The number of amidine groups is 4. The number of quaternary nitrogens is 1. The zero-order valence-corrected chi connectivity index (χ0v) is 58.0. The molecule has 29 nitrogen and oxygen atoms in total. The molecule has 0 spiro atoms. The van der Waals surface area contributed by atoms with E-state index >= 15 is 0 Å². The Morgan fingerprint density at radius 1 is 0.511 bits per heavy atom. The highest BCUT2D eigenvalue weighted by Gasteiger charge is 2.58. The molecule has 94 heavy (non-hydrogen) atoms. The molecule has 0 fully saturated rings. The predicted octanol–water partition coefficient (Wildman–Crippen LogP) is 4.12. The summed E-state index contributed by atoms with van der Waals surface area (Å²) in [5.74, 6) is 14.5. The van der Waals surface area contributed by atoms with Gasteiger partial charge in [-0.3, -0.25) is 27.4 Å². The van der Waals surface area contributed by atoms with Crippen LogP contribution in [0.5, 0.6) is 0 Å². The van der Waals surface area contributed by atoms with Gasteiger partial charge in [-0.2, -0.15) is 51.5 Å². The van der Waals surface area contributed by atoms with Crippen molar-refractivity contribution in [1.82, 2.24) is 19.1 Å². The number of benzene rings is 4. The molecule has 10 rings (SSSR count). The first-order chi connectivity index (χ1) is 44.7. The first kappa shape index (κ1) is 69.6. The zero-order valence-electron chi connectivity index (χ0n) is 52.5. The fourth-order valence-electron chi connectivity index (χ4n) is 12.4. The van der Waals surface area contributed by atoms with Gasteiger partial charge in [-0.25, -0.2) is 30.0 Å². The number of carbonyl (C=O) groups excluding carboxylic acids is 3. The zero-order chi connectivity index (χ0) is 67.3. The molecule has 1 unspecified atom stereocenters. The average Bonchev–Trinajstić information content (AvgIpc) is 1.52. The van der Waals surface area contributed by atoms with Crippen molar-refractivity contribution in [3.05, 3.63) is 130 Å². The van der Waals surface area contributed by atoms with E-state index in [1.165, 1.54) is 0 Å². The highest BCUT2D eigenvalue weighted by molar-refractivity contribution is 7.87. The Hall–Kier alpha value is -7.21. The quantitative estimate of drug-likeness (QED) is 0.0111. The molecule has 2 aromatic heterocycles. The number of nitrogens with two attached hydrogens (primary N) is 3. The van der Waals surface area contributed by atoms with Gasteiger partial charge in [0.15, 0.2) is 46.5 Å². The smallest absolute Gasteiger partial charge is 0.404 e. The molecule has 0 saturated heterocycles. The maximum absolute atomic E-state index is 14.4. The Labute approximate surface area is 547 Å². The van der Waals surface area contributed by atoms with Crippen LogP contribution in [0.15, 0.2) is 127 Å². The number of amides is 2. The van der Waals surface area contributed by atoms with Crippen LogP contribution in [0.2, 0.25) is 38.3 Å². The summed E-state index contributed by atoms with van der Waals surface area (Å²) in [7, 11) is -24.1. The van der Waals surface area contributed by atoms with Crippen molar-refractivity contribution < 1.29 is 70.3 Å². The summed E-state index contributed by atoms with van der Waals surface area (Å²) < 4.78 is 112. The van der Waals surface area contributed by atoms with Gasteiger partial charge in [0.1, 0.15) is 22.6 Å². The van der Waals surface area contributed by atoms with Crippen LogP contribution in [-0.2, 0) is 66.4 Å². The van der Waals surface area contributed by atoms with E-state index in [1.54, 1.807) is 0 Å². The third kappa shape index (κ3) is 16.0.